The maximum absolute atomic E-state index is 10.3. The van der Waals surface area contributed by atoms with Crippen LogP contribution in [0.3, 0.4) is 0 Å². The number of rotatable bonds is 3. The fourth-order valence-corrected chi connectivity index (χ4v) is 3.47. The van der Waals surface area contributed by atoms with Crippen molar-refractivity contribution in [3.05, 3.63) is 28.8 Å². The second-order valence-corrected chi connectivity index (χ2v) is 5.70. The number of thioether (sulfide) groups is 1. The van der Waals surface area contributed by atoms with Crippen LogP contribution in [0.15, 0.2) is 18.2 Å². The largest absolute Gasteiger partial charge is 0.496 e. The zero-order valence-electron chi connectivity index (χ0n) is 9.20. The van der Waals surface area contributed by atoms with Crippen molar-refractivity contribution in [1.82, 2.24) is 0 Å². The average molecular weight is 259 g/mol. The van der Waals surface area contributed by atoms with E-state index in [-0.39, 0.29) is 0 Å². The average Bonchev–Trinajstić information content (AvgIpc) is 2.65. The Morgan fingerprint density at radius 3 is 3.00 bits per heavy atom. The maximum atomic E-state index is 10.3. The summed E-state index contributed by atoms with van der Waals surface area (Å²) in [4.78, 5) is 0. The van der Waals surface area contributed by atoms with Crippen molar-refractivity contribution >= 4 is 23.4 Å². The summed E-state index contributed by atoms with van der Waals surface area (Å²) in [5, 5.41) is 11.0. The molecule has 2 rings (SSSR count). The van der Waals surface area contributed by atoms with Gasteiger partial charge in [-0.2, -0.15) is 11.8 Å². The monoisotopic (exact) mass is 258 g/mol. The number of ether oxygens (including phenoxy) is 1. The van der Waals surface area contributed by atoms with Crippen LogP contribution in [-0.2, 0) is 6.42 Å². The number of methoxy groups -OCH3 is 1. The van der Waals surface area contributed by atoms with Gasteiger partial charge in [0.05, 0.1) is 12.7 Å². The molecule has 0 bridgehead atoms. The Morgan fingerprint density at radius 1 is 1.56 bits per heavy atom. The summed E-state index contributed by atoms with van der Waals surface area (Å²) in [6, 6.07) is 5.53. The molecule has 1 fully saturated rings. The molecule has 1 atom stereocenters. The van der Waals surface area contributed by atoms with Gasteiger partial charge in [-0.15, -0.1) is 0 Å². The third-order valence-corrected chi connectivity index (χ3v) is 4.31. The Balaban J connectivity index is 2.22. The van der Waals surface area contributed by atoms with Gasteiger partial charge < -0.3 is 9.84 Å². The Kier molecular flexibility index (Phi) is 3.67. The van der Waals surface area contributed by atoms with Crippen molar-refractivity contribution in [2.75, 3.05) is 18.6 Å². The van der Waals surface area contributed by atoms with Crippen LogP contribution in [0.2, 0.25) is 5.02 Å². The molecule has 1 aliphatic heterocycles. The minimum absolute atomic E-state index is 0.595. The molecule has 1 heterocycles. The lowest BCUT2D eigenvalue weighted by atomic mass is 9.93. The molecule has 0 aliphatic carbocycles. The number of aliphatic hydroxyl groups is 1. The molecule has 0 saturated carbocycles. The summed E-state index contributed by atoms with van der Waals surface area (Å²) in [5.41, 5.74) is 0.391. The van der Waals surface area contributed by atoms with Crippen LogP contribution in [0, 0.1) is 0 Å². The summed E-state index contributed by atoms with van der Waals surface area (Å²) in [5.74, 6) is 2.62. The predicted octanol–water partition coefficient (Wildman–Crippen LogP) is 2.76. The first-order chi connectivity index (χ1) is 7.63. The maximum Gasteiger partial charge on any atom is 0.122 e. The van der Waals surface area contributed by atoms with E-state index in [4.69, 9.17) is 16.3 Å². The van der Waals surface area contributed by atoms with Gasteiger partial charge in [0.1, 0.15) is 5.75 Å². The van der Waals surface area contributed by atoms with Crippen molar-refractivity contribution in [1.29, 1.82) is 0 Å². The summed E-state index contributed by atoms with van der Waals surface area (Å²) < 4.78 is 5.28. The van der Waals surface area contributed by atoms with Crippen LogP contribution in [0.25, 0.3) is 0 Å². The van der Waals surface area contributed by atoms with E-state index in [1.807, 2.05) is 12.1 Å². The standard InChI is InChI=1S/C12H15ClO2S/c1-15-11-3-2-10(13)6-9(11)7-12(14)4-5-16-8-12/h2-3,6,14H,4-5,7-8H2,1H3. The summed E-state index contributed by atoms with van der Waals surface area (Å²) in [6.45, 7) is 0. The van der Waals surface area contributed by atoms with Crippen LogP contribution in [0.1, 0.15) is 12.0 Å². The third-order valence-electron chi connectivity index (χ3n) is 2.84. The van der Waals surface area contributed by atoms with Crippen LogP contribution in [-0.4, -0.2) is 29.3 Å². The smallest absolute Gasteiger partial charge is 0.122 e. The van der Waals surface area contributed by atoms with Crippen molar-refractivity contribution in [3.8, 4) is 5.75 Å². The molecule has 2 nitrogen and oxygen atoms in total. The van der Waals surface area contributed by atoms with Gasteiger partial charge in [-0.05, 0) is 35.9 Å². The van der Waals surface area contributed by atoms with Gasteiger partial charge in [0, 0.05) is 17.2 Å². The Bertz CT molecular complexity index is 375. The molecule has 16 heavy (non-hydrogen) atoms. The molecular weight excluding hydrogens is 244 g/mol. The van der Waals surface area contributed by atoms with Crippen molar-refractivity contribution in [2.45, 2.75) is 18.4 Å². The molecule has 1 aliphatic rings. The molecule has 0 aromatic heterocycles. The van der Waals surface area contributed by atoms with Crippen LogP contribution >= 0.6 is 23.4 Å². The SMILES string of the molecule is COc1ccc(Cl)cc1CC1(O)CCSC1. The van der Waals surface area contributed by atoms with Gasteiger partial charge in [0.2, 0.25) is 0 Å². The molecular formula is C12H15ClO2S. The van der Waals surface area contributed by atoms with Crippen molar-refractivity contribution in [2.24, 2.45) is 0 Å². The molecule has 1 N–H and O–H groups in total. The normalized spacial score (nSPS) is 24.7. The van der Waals surface area contributed by atoms with E-state index in [2.05, 4.69) is 0 Å². The second-order valence-electron chi connectivity index (χ2n) is 4.16. The minimum atomic E-state index is -0.595. The Hall–Kier alpha value is -0.380. The van der Waals surface area contributed by atoms with E-state index >= 15 is 0 Å². The van der Waals surface area contributed by atoms with Gasteiger partial charge in [-0.1, -0.05) is 11.6 Å². The fourth-order valence-electron chi connectivity index (χ4n) is 1.98. The molecule has 1 unspecified atom stereocenters. The highest BCUT2D eigenvalue weighted by Crippen LogP contribution is 2.34. The van der Waals surface area contributed by atoms with Crippen LogP contribution < -0.4 is 4.74 Å². The molecule has 0 amide bonds. The molecule has 0 radical (unpaired) electrons. The number of halogens is 1. The van der Waals surface area contributed by atoms with Crippen LogP contribution in [0.4, 0.5) is 0 Å². The molecule has 0 spiro atoms. The molecule has 1 saturated heterocycles. The summed E-state index contributed by atoms with van der Waals surface area (Å²) in [7, 11) is 1.64. The lowest BCUT2D eigenvalue weighted by molar-refractivity contribution is 0.0680. The summed E-state index contributed by atoms with van der Waals surface area (Å²) >= 11 is 7.76. The number of hydrogen-bond acceptors (Lipinski definition) is 3. The van der Waals surface area contributed by atoms with E-state index in [9.17, 15) is 5.11 Å². The quantitative estimate of drug-likeness (QED) is 0.904. The highest BCUT2D eigenvalue weighted by Gasteiger charge is 2.32. The first-order valence-corrected chi connectivity index (χ1v) is 6.79. The van der Waals surface area contributed by atoms with Gasteiger partial charge in [-0.25, -0.2) is 0 Å². The minimum Gasteiger partial charge on any atom is -0.496 e. The second kappa shape index (κ2) is 4.86. The van der Waals surface area contributed by atoms with Crippen molar-refractivity contribution in [3.63, 3.8) is 0 Å². The van der Waals surface area contributed by atoms with E-state index in [0.717, 1.165) is 29.2 Å². The van der Waals surface area contributed by atoms with Crippen LogP contribution in [0.5, 0.6) is 5.75 Å². The third kappa shape index (κ3) is 2.65. The predicted molar refractivity (Wildman–Crippen MR) is 68.6 cm³/mol. The van der Waals surface area contributed by atoms with E-state index in [1.54, 1.807) is 24.9 Å². The topological polar surface area (TPSA) is 29.5 Å². The Labute approximate surface area is 105 Å². The van der Waals surface area contributed by atoms with Gasteiger partial charge in [0.15, 0.2) is 0 Å². The zero-order valence-corrected chi connectivity index (χ0v) is 10.8. The Morgan fingerprint density at radius 2 is 2.38 bits per heavy atom. The van der Waals surface area contributed by atoms with Gasteiger partial charge in [-0.3, -0.25) is 0 Å². The first kappa shape index (κ1) is 12.1. The van der Waals surface area contributed by atoms with Gasteiger partial charge >= 0.3 is 0 Å². The number of benzene rings is 1. The van der Waals surface area contributed by atoms with E-state index in [1.165, 1.54) is 0 Å². The lowest BCUT2D eigenvalue weighted by Gasteiger charge is -2.22. The van der Waals surface area contributed by atoms with E-state index < -0.39 is 5.60 Å². The van der Waals surface area contributed by atoms with Gasteiger partial charge in [0.25, 0.3) is 0 Å². The lowest BCUT2D eigenvalue weighted by Crippen LogP contribution is -2.30. The molecule has 1 aromatic rings. The molecule has 88 valence electrons. The number of hydrogen-bond donors (Lipinski definition) is 1. The van der Waals surface area contributed by atoms with E-state index in [0.29, 0.717) is 11.4 Å². The fraction of sp³-hybridized carbons (Fsp3) is 0.500. The summed E-state index contributed by atoms with van der Waals surface area (Å²) in [6.07, 6.45) is 1.46. The zero-order chi connectivity index (χ0) is 11.6. The molecule has 4 heteroatoms. The molecule has 1 aromatic carbocycles. The highest BCUT2D eigenvalue weighted by atomic mass is 35.5. The highest BCUT2D eigenvalue weighted by molar-refractivity contribution is 7.99. The first-order valence-electron chi connectivity index (χ1n) is 5.25. The van der Waals surface area contributed by atoms with Crippen molar-refractivity contribution < 1.29 is 9.84 Å².